The van der Waals surface area contributed by atoms with Gasteiger partial charge in [-0.25, -0.2) is 8.42 Å². The largest absolute Gasteiger partial charge is 0.480 e. The van der Waals surface area contributed by atoms with Crippen LogP contribution in [0.4, 0.5) is 0 Å². The zero-order chi connectivity index (χ0) is 19.5. The van der Waals surface area contributed by atoms with Crippen LogP contribution >= 0.6 is 11.6 Å². The number of para-hydroxylation sites is 1. The van der Waals surface area contributed by atoms with Crippen LogP contribution in [0.5, 0.6) is 0 Å². The van der Waals surface area contributed by atoms with E-state index in [-0.39, 0.29) is 29.4 Å². The molecule has 0 spiro atoms. The van der Waals surface area contributed by atoms with E-state index in [1.54, 1.807) is 6.07 Å². The van der Waals surface area contributed by atoms with E-state index in [0.29, 0.717) is 10.4 Å². The average molecular weight is 400 g/mol. The van der Waals surface area contributed by atoms with Crippen molar-refractivity contribution in [3.8, 4) is 0 Å². The SMILES string of the molecule is CC(=O)NCCN(C(C)C(=O)O)S(=O)(=O)c1cccc2c(Cl)ccnc12. The summed E-state index contributed by atoms with van der Waals surface area (Å²) in [6.07, 6.45) is 1.38. The van der Waals surface area contributed by atoms with E-state index in [1.165, 1.54) is 38.2 Å². The van der Waals surface area contributed by atoms with Crippen molar-refractivity contribution in [3.05, 3.63) is 35.5 Å². The molecule has 0 saturated heterocycles. The maximum Gasteiger partial charge on any atom is 0.321 e. The highest BCUT2D eigenvalue weighted by molar-refractivity contribution is 7.89. The van der Waals surface area contributed by atoms with Gasteiger partial charge in [-0.15, -0.1) is 0 Å². The summed E-state index contributed by atoms with van der Waals surface area (Å²) in [5.74, 6) is -1.65. The minimum atomic E-state index is -4.21. The number of hydrogen-bond donors (Lipinski definition) is 2. The quantitative estimate of drug-likeness (QED) is 0.728. The predicted octanol–water partition coefficient (Wildman–Crippen LogP) is 1.49. The maximum atomic E-state index is 13.1. The molecule has 2 aromatic rings. The molecular weight excluding hydrogens is 382 g/mol. The second kappa shape index (κ2) is 7.98. The van der Waals surface area contributed by atoms with E-state index in [4.69, 9.17) is 11.6 Å². The lowest BCUT2D eigenvalue weighted by Crippen LogP contribution is -2.46. The van der Waals surface area contributed by atoms with Gasteiger partial charge in [-0.1, -0.05) is 23.7 Å². The Morgan fingerprint density at radius 1 is 1.35 bits per heavy atom. The first-order valence-electron chi connectivity index (χ1n) is 7.68. The van der Waals surface area contributed by atoms with Crippen LogP contribution in [0.2, 0.25) is 5.02 Å². The number of halogens is 1. The molecule has 1 aromatic carbocycles. The van der Waals surface area contributed by atoms with Gasteiger partial charge in [0.15, 0.2) is 0 Å². The third-order valence-corrected chi connectivity index (χ3v) is 6.09. The molecule has 0 fully saturated rings. The summed E-state index contributed by atoms with van der Waals surface area (Å²) in [7, 11) is -4.21. The molecule has 2 rings (SSSR count). The van der Waals surface area contributed by atoms with E-state index in [0.717, 1.165) is 4.31 Å². The van der Waals surface area contributed by atoms with Crippen LogP contribution in [-0.4, -0.2) is 53.8 Å². The standard InChI is InChI=1S/C16H18ClN3O5S/c1-10(16(22)23)20(9-8-18-11(2)21)26(24,25)14-5-3-4-12-13(17)6-7-19-15(12)14/h3-7,10H,8-9H2,1-2H3,(H,18,21)(H,22,23). The molecule has 8 nitrogen and oxygen atoms in total. The van der Waals surface area contributed by atoms with Gasteiger partial charge in [0.05, 0.1) is 10.5 Å². The molecule has 1 atom stereocenters. The Morgan fingerprint density at radius 2 is 2.04 bits per heavy atom. The Bertz CT molecular complexity index is 948. The lowest BCUT2D eigenvalue weighted by molar-refractivity contribution is -0.140. The van der Waals surface area contributed by atoms with Gasteiger partial charge in [0, 0.05) is 31.6 Å². The fourth-order valence-corrected chi connectivity index (χ4v) is 4.39. The van der Waals surface area contributed by atoms with Gasteiger partial charge in [0.2, 0.25) is 15.9 Å². The number of rotatable bonds is 7. The summed E-state index contributed by atoms with van der Waals surface area (Å²) in [6, 6.07) is 4.70. The monoisotopic (exact) mass is 399 g/mol. The number of sulfonamides is 1. The summed E-state index contributed by atoms with van der Waals surface area (Å²) < 4.78 is 27.1. The normalized spacial score (nSPS) is 12.9. The first-order valence-corrected chi connectivity index (χ1v) is 9.50. The van der Waals surface area contributed by atoms with E-state index in [9.17, 15) is 23.1 Å². The molecule has 1 aromatic heterocycles. The van der Waals surface area contributed by atoms with Crippen molar-refractivity contribution < 1.29 is 23.1 Å². The predicted molar refractivity (Wildman–Crippen MR) is 96.4 cm³/mol. The van der Waals surface area contributed by atoms with Crippen molar-refractivity contribution >= 4 is 44.4 Å². The number of carbonyl (C=O) groups excluding carboxylic acids is 1. The molecule has 1 heterocycles. The number of carboxylic acid groups (broad SMARTS) is 1. The third-order valence-electron chi connectivity index (χ3n) is 3.76. The minimum Gasteiger partial charge on any atom is -0.480 e. The van der Waals surface area contributed by atoms with Crippen molar-refractivity contribution in [1.82, 2.24) is 14.6 Å². The Labute approximate surface area is 155 Å². The van der Waals surface area contributed by atoms with Gasteiger partial charge in [0.1, 0.15) is 10.9 Å². The first-order chi connectivity index (χ1) is 12.2. The second-order valence-corrected chi connectivity index (χ2v) is 7.82. The molecule has 10 heteroatoms. The van der Waals surface area contributed by atoms with Crippen molar-refractivity contribution in [2.24, 2.45) is 0 Å². The first kappa shape index (κ1) is 20.1. The molecule has 0 aliphatic carbocycles. The fourth-order valence-electron chi connectivity index (χ4n) is 2.44. The van der Waals surface area contributed by atoms with Crippen LogP contribution < -0.4 is 5.32 Å². The van der Waals surface area contributed by atoms with E-state index < -0.39 is 22.0 Å². The number of carboxylic acids is 1. The molecule has 2 N–H and O–H groups in total. The molecular formula is C16H18ClN3O5S. The smallest absolute Gasteiger partial charge is 0.321 e. The molecule has 1 unspecified atom stereocenters. The average Bonchev–Trinajstić information content (AvgIpc) is 2.57. The van der Waals surface area contributed by atoms with E-state index in [1.807, 2.05) is 0 Å². The second-order valence-electron chi connectivity index (χ2n) is 5.56. The molecule has 26 heavy (non-hydrogen) atoms. The third kappa shape index (κ3) is 4.12. The highest BCUT2D eigenvalue weighted by Crippen LogP contribution is 2.29. The van der Waals surface area contributed by atoms with Gasteiger partial charge < -0.3 is 10.4 Å². The van der Waals surface area contributed by atoms with Gasteiger partial charge in [0.25, 0.3) is 0 Å². The number of pyridine rings is 1. The summed E-state index contributed by atoms with van der Waals surface area (Å²) in [5.41, 5.74) is 0.155. The summed E-state index contributed by atoms with van der Waals surface area (Å²) in [5, 5.41) is 12.5. The van der Waals surface area contributed by atoms with Crippen molar-refractivity contribution in [2.45, 2.75) is 24.8 Å². The molecule has 0 aliphatic heterocycles. The summed E-state index contributed by atoms with van der Waals surface area (Å²) in [4.78, 5) is 26.4. The van der Waals surface area contributed by atoms with Crippen molar-refractivity contribution in [3.63, 3.8) is 0 Å². The zero-order valence-corrected chi connectivity index (χ0v) is 15.7. The van der Waals surface area contributed by atoms with E-state index >= 15 is 0 Å². The number of amides is 1. The Kier molecular flexibility index (Phi) is 6.17. The zero-order valence-electron chi connectivity index (χ0n) is 14.1. The molecule has 140 valence electrons. The highest BCUT2D eigenvalue weighted by atomic mass is 35.5. The van der Waals surface area contributed by atoms with Crippen LogP contribution in [0, 0.1) is 0 Å². The Hall–Kier alpha value is -2.23. The summed E-state index contributed by atoms with van der Waals surface area (Å²) >= 11 is 6.10. The van der Waals surface area contributed by atoms with Gasteiger partial charge in [-0.05, 0) is 19.1 Å². The highest BCUT2D eigenvalue weighted by Gasteiger charge is 2.34. The number of benzene rings is 1. The topological polar surface area (TPSA) is 117 Å². The van der Waals surface area contributed by atoms with Crippen molar-refractivity contribution in [1.29, 1.82) is 0 Å². The van der Waals surface area contributed by atoms with Crippen LogP contribution in [0.15, 0.2) is 35.4 Å². The maximum absolute atomic E-state index is 13.1. The Morgan fingerprint density at radius 3 is 2.65 bits per heavy atom. The fraction of sp³-hybridized carbons (Fsp3) is 0.312. The molecule has 0 saturated carbocycles. The van der Waals surface area contributed by atoms with Gasteiger partial charge in [-0.2, -0.15) is 4.31 Å². The molecule has 0 bridgehead atoms. The summed E-state index contributed by atoms with van der Waals surface area (Å²) in [6.45, 7) is 2.33. The van der Waals surface area contributed by atoms with Crippen LogP contribution in [-0.2, 0) is 19.6 Å². The number of aliphatic carboxylic acids is 1. The molecule has 0 aliphatic rings. The number of fused-ring (bicyclic) bond motifs is 1. The number of carbonyl (C=O) groups is 2. The molecule has 1 amide bonds. The van der Waals surface area contributed by atoms with Crippen LogP contribution in [0.25, 0.3) is 10.9 Å². The van der Waals surface area contributed by atoms with E-state index in [2.05, 4.69) is 10.3 Å². The number of hydrogen-bond acceptors (Lipinski definition) is 5. The molecule has 0 radical (unpaired) electrons. The van der Waals surface area contributed by atoms with Crippen LogP contribution in [0.3, 0.4) is 0 Å². The lowest BCUT2D eigenvalue weighted by atomic mass is 10.2. The number of nitrogens with zero attached hydrogens (tertiary/aromatic N) is 2. The van der Waals surface area contributed by atoms with Gasteiger partial charge >= 0.3 is 5.97 Å². The number of nitrogens with one attached hydrogen (secondary N) is 1. The lowest BCUT2D eigenvalue weighted by Gasteiger charge is -2.26. The Balaban J connectivity index is 2.54. The van der Waals surface area contributed by atoms with Crippen molar-refractivity contribution in [2.75, 3.05) is 13.1 Å². The van der Waals surface area contributed by atoms with Gasteiger partial charge in [-0.3, -0.25) is 14.6 Å². The number of aromatic nitrogens is 1. The van der Waals surface area contributed by atoms with Crippen LogP contribution in [0.1, 0.15) is 13.8 Å². The minimum absolute atomic E-state index is 0.0227.